The molecule has 8 nitrogen and oxygen atoms in total. The van der Waals surface area contributed by atoms with E-state index in [4.69, 9.17) is 18.5 Å². The molecule has 0 unspecified atom stereocenters. The first-order chi connectivity index (χ1) is 11.7. The second-order valence-electron chi connectivity index (χ2n) is 5.85. The van der Waals surface area contributed by atoms with Gasteiger partial charge in [0.2, 0.25) is 13.6 Å². The lowest BCUT2D eigenvalue weighted by molar-refractivity contribution is -0.156. The van der Waals surface area contributed by atoms with Crippen molar-refractivity contribution in [3.05, 3.63) is 30.1 Å². The number of hydrogen-bond acceptors (Lipinski definition) is 8. The zero-order chi connectivity index (χ0) is 18.9. The number of pyridine rings is 1. The van der Waals surface area contributed by atoms with Gasteiger partial charge < -0.3 is 9.47 Å². The van der Waals surface area contributed by atoms with E-state index in [1.54, 1.807) is 39.8 Å². The van der Waals surface area contributed by atoms with E-state index in [1.165, 1.54) is 12.4 Å². The maximum atomic E-state index is 12.8. The van der Waals surface area contributed by atoms with Crippen LogP contribution < -0.4 is 0 Å². The SMILES string of the molecule is CC(C)C(=O)OCOP(=O)(Cc1ccncc1)OCOC(=O)C(C)C. The second kappa shape index (κ2) is 10.3. The molecule has 0 spiro atoms. The molecular formula is C16H24NO7P. The van der Waals surface area contributed by atoms with Gasteiger partial charge in [0.05, 0.1) is 18.0 Å². The van der Waals surface area contributed by atoms with Gasteiger partial charge in [-0.05, 0) is 17.7 Å². The van der Waals surface area contributed by atoms with Gasteiger partial charge in [0.25, 0.3) is 0 Å². The summed E-state index contributed by atoms with van der Waals surface area (Å²) in [5, 5.41) is 0. The molecule has 140 valence electrons. The maximum Gasteiger partial charge on any atom is 0.340 e. The number of aromatic nitrogens is 1. The highest BCUT2D eigenvalue weighted by atomic mass is 31.2. The molecule has 0 aliphatic carbocycles. The first-order valence-corrected chi connectivity index (χ1v) is 9.56. The van der Waals surface area contributed by atoms with Gasteiger partial charge in [-0.1, -0.05) is 27.7 Å². The summed E-state index contributed by atoms with van der Waals surface area (Å²) >= 11 is 0. The lowest BCUT2D eigenvalue weighted by Gasteiger charge is -2.19. The molecular weight excluding hydrogens is 349 g/mol. The van der Waals surface area contributed by atoms with Crippen LogP contribution >= 0.6 is 7.60 Å². The largest absolute Gasteiger partial charge is 0.438 e. The number of rotatable bonds is 10. The summed E-state index contributed by atoms with van der Waals surface area (Å²) in [6, 6.07) is 3.30. The summed E-state index contributed by atoms with van der Waals surface area (Å²) in [5.74, 6) is -1.64. The standard InChI is InChI=1S/C16H24NO7P/c1-12(2)15(18)21-10-23-25(20,9-14-5-7-17-8-6-14)24-11-22-16(19)13(3)4/h5-8,12-13H,9-11H2,1-4H3. The molecule has 0 atom stereocenters. The van der Waals surface area contributed by atoms with Crippen LogP contribution in [0.2, 0.25) is 0 Å². The predicted molar refractivity (Wildman–Crippen MR) is 89.3 cm³/mol. The molecule has 1 heterocycles. The van der Waals surface area contributed by atoms with Crippen molar-refractivity contribution in [3.8, 4) is 0 Å². The van der Waals surface area contributed by atoms with E-state index in [1.807, 2.05) is 0 Å². The highest BCUT2D eigenvalue weighted by Gasteiger charge is 2.27. The fraction of sp³-hybridized carbons (Fsp3) is 0.562. The lowest BCUT2D eigenvalue weighted by atomic mass is 10.2. The molecule has 9 heteroatoms. The van der Waals surface area contributed by atoms with Crippen molar-refractivity contribution in [2.75, 3.05) is 13.6 Å². The van der Waals surface area contributed by atoms with Gasteiger partial charge in [0.15, 0.2) is 0 Å². The molecule has 25 heavy (non-hydrogen) atoms. The highest BCUT2D eigenvalue weighted by molar-refractivity contribution is 7.53. The van der Waals surface area contributed by atoms with Crippen LogP contribution in [0.4, 0.5) is 0 Å². The molecule has 0 aliphatic rings. The van der Waals surface area contributed by atoms with Gasteiger partial charge in [0.1, 0.15) is 0 Å². The number of hydrogen-bond donors (Lipinski definition) is 0. The second-order valence-corrected chi connectivity index (χ2v) is 7.91. The molecule has 0 bridgehead atoms. The van der Waals surface area contributed by atoms with Crippen LogP contribution in [0.3, 0.4) is 0 Å². The summed E-state index contributed by atoms with van der Waals surface area (Å²) < 4.78 is 32.9. The Labute approximate surface area is 147 Å². The Morgan fingerprint density at radius 1 is 0.960 bits per heavy atom. The Bertz CT molecular complexity index is 574. The maximum absolute atomic E-state index is 12.8. The molecule has 0 aromatic carbocycles. The van der Waals surface area contributed by atoms with Crippen LogP contribution in [-0.4, -0.2) is 30.5 Å². The third-order valence-electron chi connectivity index (χ3n) is 2.97. The van der Waals surface area contributed by atoms with Crippen molar-refractivity contribution < 1.29 is 32.7 Å². The van der Waals surface area contributed by atoms with E-state index >= 15 is 0 Å². The van der Waals surface area contributed by atoms with E-state index < -0.39 is 33.1 Å². The van der Waals surface area contributed by atoms with E-state index in [0.29, 0.717) is 5.56 Å². The van der Waals surface area contributed by atoms with Crippen LogP contribution in [0, 0.1) is 11.8 Å². The van der Waals surface area contributed by atoms with E-state index in [9.17, 15) is 14.2 Å². The van der Waals surface area contributed by atoms with E-state index in [0.717, 1.165) is 0 Å². The number of ether oxygens (including phenoxy) is 2. The van der Waals surface area contributed by atoms with Crippen molar-refractivity contribution in [1.82, 2.24) is 4.98 Å². The minimum Gasteiger partial charge on any atom is -0.438 e. The summed E-state index contributed by atoms with van der Waals surface area (Å²) in [5.41, 5.74) is 0.656. The fourth-order valence-electron chi connectivity index (χ4n) is 1.50. The molecule has 0 saturated heterocycles. The summed E-state index contributed by atoms with van der Waals surface area (Å²) in [4.78, 5) is 26.8. The van der Waals surface area contributed by atoms with Crippen molar-refractivity contribution in [2.45, 2.75) is 33.9 Å². The van der Waals surface area contributed by atoms with Gasteiger partial charge in [-0.15, -0.1) is 0 Å². The van der Waals surface area contributed by atoms with Crippen molar-refractivity contribution >= 4 is 19.5 Å². The predicted octanol–water partition coefficient (Wildman–Crippen LogP) is 3.12. The number of carbonyl (C=O) groups excluding carboxylic acids is 2. The molecule has 0 fully saturated rings. The molecule has 0 radical (unpaired) electrons. The molecule has 0 aliphatic heterocycles. The normalized spacial score (nSPS) is 11.6. The average Bonchev–Trinajstić information content (AvgIpc) is 2.55. The number of esters is 2. The third kappa shape index (κ3) is 8.25. The van der Waals surface area contributed by atoms with E-state index in [-0.39, 0.29) is 18.0 Å². The minimum atomic E-state index is -3.70. The van der Waals surface area contributed by atoms with Gasteiger partial charge >= 0.3 is 19.5 Å². The van der Waals surface area contributed by atoms with Crippen LogP contribution in [-0.2, 0) is 38.8 Å². The topological polar surface area (TPSA) is 101 Å². The Hall–Kier alpha value is -1.76. The average molecular weight is 373 g/mol. The van der Waals surface area contributed by atoms with Gasteiger partial charge in [-0.3, -0.25) is 28.2 Å². The van der Waals surface area contributed by atoms with E-state index in [2.05, 4.69) is 4.98 Å². The monoisotopic (exact) mass is 373 g/mol. The van der Waals surface area contributed by atoms with Crippen molar-refractivity contribution in [1.29, 1.82) is 0 Å². The van der Waals surface area contributed by atoms with Crippen LogP contribution in [0.15, 0.2) is 24.5 Å². The van der Waals surface area contributed by atoms with Crippen molar-refractivity contribution in [2.24, 2.45) is 11.8 Å². The lowest BCUT2D eigenvalue weighted by Crippen LogP contribution is -2.16. The summed E-state index contributed by atoms with van der Waals surface area (Å²) in [6.45, 7) is 5.64. The summed E-state index contributed by atoms with van der Waals surface area (Å²) in [6.07, 6.45) is 3.00. The quantitative estimate of drug-likeness (QED) is 0.350. The summed E-state index contributed by atoms with van der Waals surface area (Å²) in [7, 11) is -3.70. The molecule has 0 amide bonds. The third-order valence-corrected chi connectivity index (χ3v) is 4.72. The van der Waals surface area contributed by atoms with Crippen molar-refractivity contribution in [3.63, 3.8) is 0 Å². The molecule has 0 saturated carbocycles. The number of carbonyl (C=O) groups is 2. The Balaban J connectivity index is 2.67. The molecule has 1 aromatic rings. The van der Waals surface area contributed by atoms with Crippen LogP contribution in [0.5, 0.6) is 0 Å². The zero-order valence-electron chi connectivity index (χ0n) is 14.8. The fourth-order valence-corrected chi connectivity index (χ4v) is 2.84. The molecule has 1 rings (SSSR count). The van der Waals surface area contributed by atoms with Gasteiger partial charge in [-0.2, -0.15) is 0 Å². The Morgan fingerprint density at radius 3 is 1.80 bits per heavy atom. The Morgan fingerprint density at radius 2 is 1.40 bits per heavy atom. The van der Waals surface area contributed by atoms with Gasteiger partial charge in [-0.25, -0.2) is 0 Å². The first-order valence-electron chi connectivity index (χ1n) is 7.84. The first kappa shape index (κ1) is 21.3. The molecule has 1 aromatic heterocycles. The Kier molecular flexibility index (Phi) is 8.75. The zero-order valence-corrected chi connectivity index (χ0v) is 15.7. The van der Waals surface area contributed by atoms with Gasteiger partial charge in [0, 0.05) is 12.4 Å². The van der Waals surface area contributed by atoms with Crippen LogP contribution in [0.25, 0.3) is 0 Å². The highest BCUT2D eigenvalue weighted by Crippen LogP contribution is 2.51. The smallest absolute Gasteiger partial charge is 0.340 e. The molecule has 0 N–H and O–H groups in total. The minimum absolute atomic E-state index is 0.0754. The van der Waals surface area contributed by atoms with Crippen LogP contribution in [0.1, 0.15) is 33.3 Å². The number of nitrogens with zero attached hydrogens (tertiary/aromatic N) is 1.